The van der Waals surface area contributed by atoms with Crippen molar-refractivity contribution >= 4 is 5.69 Å². The molecule has 0 bridgehead atoms. The largest absolute Gasteiger partial charge is 0.389 e. The Morgan fingerprint density at radius 3 is 2.50 bits per heavy atom. The lowest BCUT2D eigenvalue weighted by atomic mass is 10.2. The van der Waals surface area contributed by atoms with E-state index in [0.717, 1.165) is 32.6 Å². The number of benzene rings is 1. The van der Waals surface area contributed by atoms with Crippen LogP contribution < -0.4 is 4.90 Å². The van der Waals surface area contributed by atoms with E-state index in [1.165, 1.54) is 5.69 Å². The van der Waals surface area contributed by atoms with Gasteiger partial charge in [-0.05, 0) is 45.9 Å². The van der Waals surface area contributed by atoms with E-state index in [9.17, 15) is 5.11 Å². The van der Waals surface area contributed by atoms with Crippen molar-refractivity contribution in [1.82, 2.24) is 4.90 Å². The molecule has 1 aromatic carbocycles. The normalized spacial score (nSPS) is 19.0. The number of ether oxygens (including phenoxy) is 1. The number of aliphatic hydroxyl groups excluding tert-OH is 1. The van der Waals surface area contributed by atoms with Gasteiger partial charge in [-0.2, -0.15) is 0 Å². The quantitative estimate of drug-likeness (QED) is 0.906. The van der Waals surface area contributed by atoms with Crippen molar-refractivity contribution in [3.8, 4) is 0 Å². The third-order valence-electron chi connectivity index (χ3n) is 3.89. The minimum atomic E-state index is -0.414. The lowest BCUT2D eigenvalue weighted by Crippen LogP contribution is -2.39. The Balaban J connectivity index is 1.78. The number of aliphatic hydroxyl groups is 1. The summed E-state index contributed by atoms with van der Waals surface area (Å²) in [5.74, 6) is 0. The van der Waals surface area contributed by atoms with Gasteiger partial charge in [0.05, 0.1) is 18.3 Å². The molecule has 1 fully saturated rings. The second-order valence-corrected chi connectivity index (χ2v) is 7.05. The van der Waals surface area contributed by atoms with E-state index in [2.05, 4.69) is 40.1 Å². The van der Waals surface area contributed by atoms with Gasteiger partial charge < -0.3 is 14.7 Å². The Labute approximate surface area is 134 Å². The van der Waals surface area contributed by atoms with Gasteiger partial charge in [-0.3, -0.25) is 4.90 Å². The first-order valence-corrected chi connectivity index (χ1v) is 8.28. The summed E-state index contributed by atoms with van der Waals surface area (Å²) in [7, 11) is 0. The van der Waals surface area contributed by atoms with Crippen LogP contribution in [0.2, 0.25) is 0 Å². The summed E-state index contributed by atoms with van der Waals surface area (Å²) in [5.41, 5.74) is 1.10. The molecule has 1 heterocycles. The predicted molar refractivity (Wildman–Crippen MR) is 91.4 cm³/mol. The number of nitrogens with zero attached hydrogens (tertiary/aromatic N) is 2. The van der Waals surface area contributed by atoms with Gasteiger partial charge in [-0.15, -0.1) is 0 Å². The average Bonchev–Trinajstić information content (AvgIpc) is 2.71. The maximum absolute atomic E-state index is 10.2. The Morgan fingerprint density at radius 2 is 1.82 bits per heavy atom. The maximum atomic E-state index is 10.2. The number of β-amino-alcohol motifs (C(OH)–C–C–N with tert-alkyl or cyclic N) is 1. The Hall–Kier alpha value is -1.10. The van der Waals surface area contributed by atoms with Gasteiger partial charge in [0.25, 0.3) is 0 Å². The fourth-order valence-corrected chi connectivity index (χ4v) is 2.75. The highest BCUT2D eigenvalue weighted by atomic mass is 16.5. The molecule has 0 spiro atoms. The number of rotatable bonds is 5. The molecule has 4 nitrogen and oxygen atoms in total. The molecular weight excluding hydrogens is 276 g/mol. The van der Waals surface area contributed by atoms with Crippen molar-refractivity contribution in [2.24, 2.45) is 0 Å². The second kappa shape index (κ2) is 7.95. The lowest BCUT2D eigenvalue weighted by molar-refractivity contribution is -0.0557. The fourth-order valence-electron chi connectivity index (χ4n) is 2.75. The van der Waals surface area contributed by atoms with E-state index in [1.54, 1.807) is 0 Å². The molecule has 0 saturated carbocycles. The van der Waals surface area contributed by atoms with Crippen LogP contribution in [0.15, 0.2) is 30.3 Å². The molecule has 4 heteroatoms. The molecule has 1 saturated heterocycles. The molecule has 124 valence electrons. The van der Waals surface area contributed by atoms with Gasteiger partial charge in [0, 0.05) is 31.9 Å². The average molecular weight is 306 g/mol. The van der Waals surface area contributed by atoms with E-state index in [1.807, 2.05) is 20.8 Å². The highest BCUT2D eigenvalue weighted by molar-refractivity contribution is 5.46. The first-order chi connectivity index (χ1) is 10.4. The lowest BCUT2D eigenvalue weighted by Gasteiger charge is -2.27. The van der Waals surface area contributed by atoms with Crippen LogP contribution in [-0.4, -0.2) is 61.0 Å². The number of anilines is 1. The molecule has 22 heavy (non-hydrogen) atoms. The van der Waals surface area contributed by atoms with E-state index < -0.39 is 6.10 Å². The summed E-state index contributed by atoms with van der Waals surface area (Å²) in [4.78, 5) is 4.78. The van der Waals surface area contributed by atoms with E-state index in [-0.39, 0.29) is 5.60 Å². The van der Waals surface area contributed by atoms with Crippen LogP contribution in [-0.2, 0) is 4.74 Å². The molecule has 0 radical (unpaired) electrons. The van der Waals surface area contributed by atoms with Gasteiger partial charge in [0.1, 0.15) is 0 Å². The van der Waals surface area contributed by atoms with Crippen molar-refractivity contribution < 1.29 is 9.84 Å². The zero-order valence-corrected chi connectivity index (χ0v) is 14.2. The van der Waals surface area contributed by atoms with Crippen LogP contribution in [0.3, 0.4) is 0 Å². The van der Waals surface area contributed by atoms with Crippen molar-refractivity contribution in [3.05, 3.63) is 30.3 Å². The molecule has 0 unspecified atom stereocenters. The van der Waals surface area contributed by atoms with Crippen LogP contribution in [0.4, 0.5) is 5.69 Å². The van der Waals surface area contributed by atoms with Crippen molar-refractivity contribution in [3.63, 3.8) is 0 Å². The Bertz CT molecular complexity index is 430. The first-order valence-electron chi connectivity index (χ1n) is 8.28. The molecule has 0 aliphatic carbocycles. The predicted octanol–water partition coefficient (Wildman–Crippen LogP) is 2.37. The van der Waals surface area contributed by atoms with Crippen molar-refractivity contribution in [2.75, 3.05) is 44.2 Å². The molecule has 0 amide bonds. The van der Waals surface area contributed by atoms with E-state index in [0.29, 0.717) is 13.2 Å². The zero-order chi connectivity index (χ0) is 16.0. The number of hydrogen-bond donors (Lipinski definition) is 1. The fraction of sp³-hybridized carbons (Fsp3) is 0.667. The van der Waals surface area contributed by atoms with Crippen molar-refractivity contribution in [1.29, 1.82) is 0 Å². The topological polar surface area (TPSA) is 35.9 Å². The SMILES string of the molecule is CC(C)(C)OC[C@@H](O)CN1CCCN(c2ccccc2)CC1. The van der Waals surface area contributed by atoms with Crippen LogP contribution in [0.5, 0.6) is 0 Å². The van der Waals surface area contributed by atoms with Gasteiger partial charge in [-0.25, -0.2) is 0 Å². The molecule has 1 atom stereocenters. The van der Waals surface area contributed by atoms with Gasteiger partial charge in [0.2, 0.25) is 0 Å². The van der Waals surface area contributed by atoms with E-state index in [4.69, 9.17) is 4.74 Å². The van der Waals surface area contributed by atoms with Gasteiger partial charge >= 0.3 is 0 Å². The van der Waals surface area contributed by atoms with E-state index >= 15 is 0 Å². The van der Waals surface area contributed by atoms with Gasteiger partial charge in [-0.1, -0.05) is 18.2 Å². The minimum Gasteiger partial charge on any atom is -0.389 e. The molecule has 1 aliphatic heterocycles. The second-order valence-electron chi connectivity index (χ2n) is 7.05. The van der Waals surface area contributed by atoms with Crippen LogP contribution >= 0.6 is 0 Å². The molecule has 1 aliphatic rings. The maximum Gasteiger partial charge on any atom is 0.0900 e. The van der Waals surface area contributed by atoms with Crippen LogP contribution in [0.25, 0.3) is 0 Å². The first kappa shape index (κ1) is 17.3. The summed E-state index contributed by atoms with van der Waals surface area (Å²) in [6, 6.07) is 10.6. The summed E-state index contributed by atoms with van der Waals surface area (Å²) < 4.78 is 5.67. The summed E-state index contributed by atoms with van der Waals surface area (Å²) in [6.07, 6.45) is 0.712. The third-order valence-corrected chi connectivity index (χ3v) is 3.89. The number of hydrogen-bond acceptors (Lipinski definition) is 4. The highest BCUT2D eigenvalue weighted by Crippen LogP contribution is 2.16. The van der Waals surface area contributed by atoms with Gasteiger partial charge in [0.15, 0.2) is 0 Å². The molecule has 1 aromatic rings. The summed E-state index contributed by atoms with van der Waals surface area (Å²) in [5, 5.41) is 10.2. The third kappa shape index (κ3) is 5.95. The Kier molecular flexibility index (Phi) is 6.24. The monoisotopic (exact) mass is 306 g/mol. The van der Waals surface area contributed by atoms with Crippen LogP contribution in [0, 0.1) is 0 Å². The minimum absolute atomic E-state index is 0.191. The highest BCUT2D eigenvalue weighted by Gasteiger charge is 2.19. The summed E-state index contributed by atoms with van der Waals surface area (Å²) >= 11 is 0. The molecule has 1 N–H and O–H groups in total. The zero-order valence-electron chi connectivity index (χ0n) is 14.2. The van der Waals surface area contributed by atoms with Crippen molar-refractivity contribution in [2.45, 2.75) is 38.9 Å². The molecule has 2 rings (SSSR count). The molecular formula is C18H30N2O2. The smallest absolute Gasteiger partial charge is 0.0900 e. The Morgan fingerprint density at radius 1 is 1.09 bits per heavy atom. The summed E-state index contributed by atoms with van der Waals surface area (Å²) in [6.45, 7) is 11.3. The molecule has 0 aromatic heterocycles. The number of para-hydroxylation sites is 1. The van der Waals surface area contributed by atoms with Crippen LogP contribution in [0.1, 0.15) is 27.2 Å². The standard InChI is InChI=1S/C18H30N2O2/c1-18(2,3)22-15-17(21)14-19-10-7-11-20(13-12-19)16-8-5-4-6-9-16/h4-6,8-9,17,21H,7,10-15H2,1-3H3/t17-/m0/s1.